The van der Waals surface area contributed by atoms with Crippen molar-refractivity contribution in [2.45, 2.75) is 0 Å². The molecule has 0 amide bonds. The molecule has 0 spiro atoms. The zero-order chi connectivity index (χ0) is 15.7. The van der Waals surface area contributed by atoms with Crippen LogP contribution >= 0.6 is 15.9 Å². The van der Waals surface area contributed by atoms with Gasteiger partial charge < -0.3 is 5.11 Å². The minimum atomic E-state index is -0.561. The lowest BCUT2D eigenvalue weighted by Gasteiger charge is -2.09. The Hall–Kier alpha value is -2.46. The van der Waals surface area contributed by atoms with Crippen LogP contribution < -0.4 is 5.11 Å². The van der Waals surface area contributed by atoms with Crippen molar-refractivity contribution in [1.29, 1.82) is 0 Å². The smallest absolute Gasteiger partial charge is 0.196 e. The summed E-state index contributed by atoms with van der Waals surface area (Å²) in [7, 11) is 0. The molecule has 1 aliphatic rings. The highest BCUT2D eigenvalue weighted by Gasteiger charge is 2.27. The van der Waals surface area contributed by atoms with Crippen molar-refractivity contribution in [2.75, 3.05) is 0 Å². The maximum Gasteiger partial charge on any atom is 0.196 e. The second kappa shape index (κ2) is 5.73. The number of benzene rings is 2. The number of hydrogen-bond donors (Lipinski definition) is 0. The molecule has 0 heterocycles. The van der Waals surface area contributed by atoms with E-state index in [0.29, 0.717) is 11.1 Å². The molecule has 0 fully saturated rings. The van der Waals surface area contributed by atoms with Crippen LogP contribution in [0, 0.1) is 0 Å². The first kappa shape index (κ1) is 14.5. The molecule has 4 heteroatoms. The number of ketones is 2. The predicted molar refractivity (Wildman–Crippen MR) is 85.9 cm³/mol. The molecule has 0 saturated carbocycles. The van der Waals surface area contributed by atoms with Crippen LogP contribution in [-0.2, 0) is 4.79 Å². The fourth-order valence-corrected chi connectivity index (χ4v) is 2.57. The summed E-state index contributed by atoms with van der Waals surface area (Å²) in [6.45, 7) is 0. The van der Waals surface area contributed by atoms with E-state index < -0.39 is 17.3 Å². The summed E-state index contributed by atoms with van der Waals surface area (Å²) >= 11 is 3.33. The number of allylic oxidation sites excluding steroid dienone is 2. The summed E-state index contributed by atoms with van der Waals surface area (Å²) in [5.74, 6) is -1.55. The van der Waals surface area contributed by atoms with E-state index in [1.54, 1.807) is 30.3 Å². The summed E-state index contributed by atoms with van der Waals surface area (Å²) in [6, 6.07) is 13.8. The lowest BCUT2D eigenvalue weighted by molar-refractivity contribution is -0.244. The Bertz CT molecular complexity index is 830. The summed E-state index contributed by atoms with van der Waals surface area (Å²) in [4.78, 5) is 24.4. The van der Waals surface area contributed by atoms with Crippen molar-refractivity contribution in [3.05, 3.63) is 81.3 Å². The van der Waals surface area contributed by atoms with E-state index in [-0.39, 0.29) is 5.57 Å². The molecule has 3 nitrogen and oxygen atoms in total. The van der Waals surface area contributed by atoms with Crippen molar-refractivity contribution >= 4 is 39.3 Å². The van der Waals surface area contributed by atoms with Gasteiger partial charge in [0.05, 0.1) is 5.57 Å². The monoisotopic (exact) mass is 353 g/mol. The minimum Gasteiger partial charge on any atom is -0.871 e. The van der Waals surface area contributed by atoms with Crippen molar-refractivity contribution in [3.8, 4) is 0 Å². The highest BCUT2D eigenvalue weighted by Crippen LogP contribution is 2.29. The third-order valence-electron chi connectivity index (χ3n) is 3.41. The molecule has 108 valence electrons. The minimum absolute atomic E-state index is 0.283. The van der Waals surface area contributed by atoms with Gasteiger partial charge in [0.15, 0.2) is 11.6 Å². The van der Waals surface area contributed by atoms with E-state index in [9.17, 15) is 14.7 Å². The average molecular weight is 354 g/mol. The Morgan fingerprint density at radius 1 is 1.00 bits per heavy atom. The van der Waals surface area contributed by atoms with E-state index in [1.165, 1.54) is 6.08 Å². The van der Waals surface area contributed by atoms with Crippen molar-refractivity contribution in [3.63, 3.8) is 0 Å². The fraction of sp³-hybridized carbons (Fsp3) is 0. The van der Waals surface area contributed by atoms with Gasteiger partial charge in [0, 0.05) is 10.0 Å². The molecule has 2 aromatic carbocycles. The summed E-state index contributed by atoms with van der Waals surface area (Å²) in [5, 5.41) is 12.2. The SMILES string of the molecule is O=C(C=Cc1ccc(Br)cc1)C1=C([O-])c2ccccc2C1=O. The van der Waals surface area contributed by atoms with Gasteiger partial charge in [-0.3, -0.25) is 9.59 Å². The topological polar surface area (TPSA) is 57.2 Å². The van der Waals surface area contributed by atoms with E-state index >= 15 is 0 Å². The molecule has 0 aliphatic heterocycles. The third-order valence-corrected chi connectivity index (χ3v) is 3.94. The first-order valence-corrected chi connectivity index (χ1v) is 7.40. The van der Waals surface area contributed by atoms with Crippen LogP contribution in [0.15, 0.2) is 64.7 Å². The second-order valence-electron chi connectivity index (χ2n) is 4.83. The van der Waals surface area contributed by atoms with Gasteiger partial charge in [0.1, 0.15) is 0 Å². The molecular formula is C18H10BrO3-. The van der Waals surface area contributed by atoms with E-state index in [0.717, 1.165) is 10.0 Å². The Morgan fingerprint density at radius 3 is 2.27 bits per heavy atom. The van der Waals surface area contributed by atoms with Gasteiger partial charge in [0.25, 0.3) is 0 Å². The Kier molecular flexibility index (Phi) is 3.77. The van der Waals surface area contributed by atoms with Crippen LogP contribution in [0.2, 0.25) is 0 Å². The van der Waals surface area contributed by atoms with Crippen LogP contribution in [0.4, 0.5) is 0 Å². The summed E-state index contributed by atoms with van der Waals surface area (Å²) < 4.78 is 0.932. The standard InChI is InChI=1S/C18H11BrO3/c19-12-8-5-11(6-9-12)7-10-15(20)16-17(21)13-3-1-2-4-14(13)18(16)22/h1-10,21H/p-1. The van der Waals surface area contributed by atoms with Crippen molar-refractivity contribution in [2.24, 2.45) is 0 Å². The van der Waals surface area contributed by atoms with Gasteiger partial charge in [-0.15, -0.1) is 0 Å². The lowest BCUT2D eigenvalue weighted by atomic mass is 10.1. The molecule has 0 bridgehead atoms. The maximum atomic E-state index is 12.2. The van der Waals surface area contributed by atoms with Gasteiger partial charge in [0.2, 0.25) is 0 Å². The van der Waals surface area contributed by atoms with Gasteiger partial charge >= 0.3 is 0 Å². The van der Waals surface area contributed by atoms with Gasteiger partial charge in [-0.1, -0.05) is 64.2 Å². The lowest BCUT2D eigenvalue weighted by Crippen LogP contribution is -2.11. The number of rotatable bonds is 3. The van der Waals surface area contributed by atoms with Gasteiger partial charge in [-0.2, -0.15) is 0 Å². The average Bonchev–Trinajstić information content (AvgIpc) is 2.79. The molecule has 0 saturated heterocycles. The van der Waals surface area contributed by atoms with Crippen molar-refractivity contribution in [1.82, 2.24) is 0 Å². The van der Waals surface area contributed by atoms with Gasteiger partial charge in [-0.05, 0) is 29.3 Å². The van der Waals surface area contributed by atoms with Crippen LogP contribution in [-0.4, -0.2) is 11.6 Å². The largest absolute Gasteiger partial charge is 0.871 e. The maximum absolute atomic E-state index is 12.2. The first-order chi connectivity index (χ1) is 10.6. The van der Waals surface area contributed by atoms with E-state index in [1.807, 2.05) is 24.3 Å². The predicted octanol–water partition coefficient (Wildman–Crippen LogP) is 3.00. The molecule has 0 aromatic heterocycles. The quantitative estimate of drug-likeness (QED) is 0.629. The number of fused-ring (bicyclic) bond motifs is 1. The number of carbonyl (C=O) groups excluding carboxylic acids is 2. The summed E-state index contributed by atoms with van der Waals surface area (Å²) in [6.07, 6.45) is 2.85. The molecule has 0 atom stereocenters. The zero-order valence-corrected chi connectivity index (χ0v) is 13.0. The molecular weight excluding hydrogens is 344 g/mol. The van der Waals surface area contributed by atoms with E-state index in [4.69, 9.17) is 0 Å². The Morgan fingerprint density at radius 2 is 1.64 bits per heavy atom. The molecule has 22 heavy (non-hydrogen) atoms. The number of hydrogen-bond acceptors (Lipinski definition) is 3. The summed E-state index contributed by atoms with van der Waals surface area (Å²) in [5.41, 5.74) is 1.13. The van der Waals surface area contributed by atoms with E-state index in [2.05, 4.69) is 15.9 Å². The third kappa shape index (κ3) is 2.53. The molecule has 3 rings (SSSR count). The van der Waals surface area contributed by atoms with Crippen LogP contribution in [0.25, 0.3) is 11.8 Å². The normalized spacial score (nSPS) is 13.8. The van der Waals surface area contributed by atoms with Gasteiger partial charge in [-0.25, -0.2) is 0 Å². The van der Waals surface area contributed by atoms with Crippen LogP contribution in [0.5, 0.6) is 0 Å². The van der Waals surface area contributed by atoms with Crippen LogP contribution in [0.3, 0.4) is 0 Å². The molecule has 1 aliphatic carbocycles. The number of Topliss-reactive ketones (excluding diaryl/α,β-unsaturated/α-hetero) is 1. The molecule has 2 aromatic rings. The zero-order valence-electron chi connectivity index (χ0n) is 11.4. The highest BCUT2D eigenvalue weighted by molar-refractivity contribution is 9.10. The second-order valence-corrected chi connectivity index (χ2v) is 5.74. The van der Waals surface area contributed by atoms with Crippen molar-refractivity contribution < 1.29 is 14.7 Å². The molecule has 0 radical (unpaired) electrons. The molecule has 0 N–H and O–H groups in total. The highest BCUT2D eigenvalue weighted by atomic mass is 79.9. The first-order valence-electron chi connectivity index (χ1n) is 6.61. The fourth-order valence-electron chi connectivity index (χ4n) is 2.30. The molecule has 0 unspecified atom stereocenters. The van der Waals surface area contributed by atoms with Crippen LogP contribution in [0.1, 0.15) is 21.5 Å². The Balaban J connectivity index is 1.89. The number of halogens is 1. The Labute approximate surface area is 135 Å². The number of carbonyl (C=O) groups is 2.